The second kappa shape index (κ2) is 6.05. The molecule has 1 aliphatic heterocycles. The fourth-order valence-electron chi connectivity index (χ4n) is 1.74. The van der Waals surface area contributed by atoms with Crippen LogP contribution in [0.1, 0.15) is 26.2 Å². The Morgan fingerprint density at radius 1 is 1.53 bits per heavy atom. The lowest BCUT2D eigenvalue weighted by Crippen LogP contribution is -2.45. The summed E-state index contributed by atoms with van der Waals surface area (Å²) in [4.78, 5) is 16.2. The lowest BCUT2D eigenvalue weighted by atomic mass is 9.97. The molecule has 88 valence electrons. The monoisotopic (exact) mass is 217 g/mol. The molecule has 1 heterocycles. The molecule has 1 fully saturated rings. The van der Waals surface area contributed by atoms with Crippen molar-refractivity contribution in [3.8, 4) is 0 Å². The number of rotatable bonds is 4. The van der Waals surface area contributed by atoms with Crippen molar-refractivity contribution < 1.29 is 19.1 Å². The van der Waals surface area contributed by atoms with E-state index in [-0.39, 0.29) is 18.3 Å². The first-order chi connectivity index (χ1) is 7.17. The molecule has 0 aromatic carbocycles. The maximum atomic E-state index is 10.9. The molecular weight excluding hydrogens is 198 g/mol. The van der Waals surface area contributed by atoms with Gasteiger partial charge in [0.15, 0.2) is 6.29 Å². The number of nitrogens with one attached hydrogen (secondary N) is 1. The summed E-state index contributed by atoms with van der Waals surface area (Å²) in [5, 5.41) is 0. The molecule has 15 heavy (non-hydrogen) atoms. The second-order valence-corrected chi connectivity index (χ2v) is 3.86. The normalized spacial score (nSPS) is 31.3. The molecule has 0 unspecified atom stereocenters. The third-order valence-electron chi connectivity index (χ3n) is 2.63. The minimum absolute atomic E-state index is 0.182. The second-order valence-electron chi connectivity index (χ2n) is 3.86. The Morgan fingerprint density at radius 2 is 2.27 bits per heavy atom. The minimum Gasteiger partial charge on any atom is -0.469 e. The van der Waals surface area contributed by atoms with E-state index in [1.807, 2.05) is 0 Å². The molecule has 1 saturated heterocycles. The van der Waals surface area contributed by atoms with Crippen LogP contribution >= 0.6 is 0 Å². The van der Waals surface area contributed by atoms with Gasteiger partial charge in [-0.25, -0.2) is 0 Å². The number of carbonyl (C=O) groups is 1. The zero-order valence-corrected chi connectivity index (χ0v) is 9.49. The van der Waals surface area contributed by atoms with E-state index in [2.05, 4.69) is 17.1 Å². The molecule has 0 spiro atoms. The van der Waals surface area contributed by atoms with Gasteiger partial charge in [-0.2, -0.15) is 5.48 Å². The van der Waals surface area contributed by atoms with Crippen molar-refractivity contribution in [3.63, 3.8) is 0 Å². The van der Waals surface area contributed by atoms with Crippen LogP contribution in [0.15, 0.2) is 0 Å². The number of ether oxygens (including phenoxy) is 2. The SMILES string of the molecule is COC(=O)CC[C@@H]1C[C@H](C)[C@H](OC)ON1. The van der Waals surface area contributed by atoms with Crippen molar-refractivity contribution in [2.24, 2.45) is 5.92 Å². The Bertz CT molecular complexity index is 210. The largest absolute Gasteiger partial charge is 0.469 e. The fraction of sp³-hybridized carbons (Fsp3) is 0.900. The molecule has 3 atom stereocenters. The van der Waals surface area contributed by atoms with Gasteiger partial charge in [0.1, 0.15) is 0 Å². The van der Waals surface area contributed by atoms with E-state index in [9.17, 15) is 4.79 Å². The Hall–Kier alpha value is -0.650. The van der Waals surface area contributed by atoms with Crippen molar-refractivity contribution in [2.75, 3.05) is 14.2 Å². The maximum absolute atomic E-state index is 10.9. The number of esters is 1. The summed E-state index contributed by atoms with van der Waals surface area (Å²) in [5.74, 6) is 0.150. The van der Waals surface area contributed by atoms with Crippen molar-refractivity contribution in [1.82, 2.24) is 5.48 Å². The van der Waals surface area contributed by atoms with Crippen LogP contribution in [0.25, 0.3) is 0 Å². The Balaban J connectivity index is 2.25. The smallest absolute Gasteiger partial charge is 0.305 e. The summed E-state index contributed by atoms with van der Waals surface area (Å²) in [7, 11) is 3.02. The topological polar surface area (TPSA) is 56.8 Å². The van der Waals surface area contributed by atoms with Crippen LogP contribution in [0.5, 0.6) is 0 Å². The van der Waals surface area contributed by atoms with Crippen LogP contribution in [-0.4, -0.2) is 32.5 Å². The third kappa shape index (κ3) is 3.77. The molecule has 5 nitrogen and oxygen atoms in total. The zero-order valence-electron chi connectivity index (χ0n) is 9.49. The van der Waals surface area contributed by atoms with E-state index in [1.165, 1.54) is 7.11 Å². The zero-order chi connectivity index (χ0) is 11.3. The van der Waals surface area contributed by atoms with E-state index >= 15 is 0 Å². The van der Waals surface area contributed by atoms with Gasteiger partial charge in [-0.3, -0.25) is 9.63 Å². The molecule has 0 aromatic rings. The first-order valence-corrected chi connectivity index (χ1v) is 5.18. The van der Waals surface area contributed by atoms with E-state index in [0.29, 0.717) is 12.3 Å². The van der Waals surface area contributed by atoms with Gasteiger partial charge in [0, 0.05) is 25.5 Å². The summed E-state index contributed by atoms with van der Waals surface area (Å²) >= 11 is 0. The summed E-state index contributed by atoms with van der Waals surface area (Å²) in [5.41, 5.74) is 2.90. The van der Waals surface area contributed by atoms with Gasteiger partial charge in [0.25, 0.3) is 0 Å². The Labute approximate surface area is 90.0 Å². The summed E-state index contributed by atoms with van der Waals surface area (Å²) in [6.45, 7) is 2.07. The lowest BCUT2D eigenvalue weighted by molar-refractivity contribution is -0.225. The van der Waals surface area contributed by atoms with Gasteiger partial charge in [0.05, 0.1) is 7.11 Å². The van der Waals surface area contributed by atoms with Crippen LogP contribution in [0.3, 0.4) is 0 Å². The predicted molar refractivity (Wildman–Crippen MR) is 53.8 cm³/mol. The molecule has 1 N–H and O–H groups in total. The average Bonchev–Trinajstić information content (AvgIpc) is 2.26. The number of methoxy groups -OCH3 is 2. The van der Waals surface area contributed by atoms with Crippen molar-refractivity contribution in [2.45, 2.75) is 38.5 Å². The van der Waals surface area contributed by atoms with Gasteiger partial charge in [-0.1, -0.05) is 6.92 Å². The van der Waals surface area contributed by atoms with E-state index in [0.717, 1.165) is 12.8 Å². The van der Waals surface area contributed by atoms with Crippen LogP contribution in [0.2, 0.25) is 0 Å². The first kappa shape index (κ1) is 12.4. The Kier molecular flexibility index (Phi) is 5.01. The number of hydrogen-bond donors (Lipinski definition) is 1. The van der Waals surface area contributed by atoms with Gasteiger partial charge < -0.3 is 9.47 Å². The molecule has 0 bridgehead atoms. The van der Waals surface area contributed by atoms with Crippen LogP contribution in [-0.2, 0) is 19.1 Å². The molecular formula is C10H19NO4. The van der Waals surface area contributed by atoms with Gasteiger partial charge >= 0.3 is 5.97 Å². The van der Waals surface area contributed by atoms with E-state index in [4.69, 9.17) is 9.57 Å². The highest BCUT2D eigenvalue weighted by Crippen LogP contribution is 2.21. The van der Waals surface area contributed by atoms with Gasteiger partial charge in [-0.15, -0.1) is 0 Å². The number of hydrogen-bond acceptors (Lipinski definition) is 5. The summed E-state index contributed by atoms with van der Waals surface area (Å²) in [6.07, 6.45) is 1.89. The van der Waals surface area contributed by atoms with Gasteiger partial charge in [-0.05, 0) is 12.8 Å². The average molecular weight is 217 g/mol. The molecule has 1 aliphatic rings. The van der Waals surface area contributed by atoms with Crippen molar-refractivity contribution in [1.29, 1.82) is 0 Å². The standard InChI is InChI=1S/C10H19NO4/c1-7-6-8(4-5-9(12)13-2)11-15-10(7)14-3/h7-8,10-11H,4-6H2,1-3H3/t7-,8+,10+/m0/s1. The summed E-state index contributed by atoms with van der Waals surface area (Å²) in [6, 6.07) is 0.200. The lowest BCUT2D eigenvalue weighted by Gasteiger charge is -2.33. The van der Waals surface area contributed by atoms with Gasteiger partial charge in [0.2, 0.25) is 0 Å². The first-order valence-electron chi connectivity index (χ1n) is 5.18. The summed E-state index contributed by atoms with van der Waals surface area (Å²) < 4.78 is 9.70. The van der Waals surface area contributed by atoms with E-state index in [1.54, 1.807) is 7.11 Å². The Morgan fingerprint density at radius 3 is 2.80 bits per heavy atom. The predicted octanol–water partition coefficient (Wildman–Crippen LogP) is 0.842. The molecule has 1 rings (SSSR count). The molecule has 0 saturated carbocycles. The maximum Gasteiger partial charge on any atom is 0.305 e. The number of carbonyl (C=O) groups excluding carboxylic acids is 1. The van der Waals surface area contributed by atoms with Crippen molar-refractivity contribution >= 4 is 5.97 Å². The fourth-order valence-corrected chi connectivity index (χ4v) is 1.74. The molecule has 0 aromatic heterocycles. The number of hydroxylamine groups is 1. The van der Waals surface area contributed by atoms with Crippen molar-refractivity contribution in [3.05, 3.63) is 0 Å². The highest BCUT2D eigenvalue weighted by atomic mass is 16.8. The van der Waals surface area contributed by atoms with Crippen LogP contribution in [0, 0.1) is 5.92 Å². The molecule has 0 amide bonds. The van der Waals surface area contributed by atoms with Crippen LogP contribution in [0.4, 0.5) is 0 Å². The molecule has 0 radical (unpaired) electrons. The van der Waals surface area contributed by atoms with Crippen LogP contribution < -0.4 is 5.48 Å². The highest BCUT2D eigenvalue weighted by molar-refractivity contribution is 5.69. The third-order valence-corrected chi connectivity index (χ3v) is 2.63. The minimum atomic E-state index is -0.195. The van der Waals surface area contributed by atoms with E-state index < -0.39 is 0 Å². The molecule has 5 heteroatoms. The molecule has 0 aliphatic carbocycles. The highest BCUT2D eigenvalue weighted by Gasteiger charge is 2.28. The quantitative estimate of drug-likeness (QED) is 0.707.